The summed E-state index contributed by atoms with van der Waals surface area (Å²) >= 11 is 0. The van der Waals surface area contributed by atoms with Gasteiger partial charge in [0, 0.05) is 0 Å². The van der Waals surface area contributed by atoms with E-state index in [1.807, 2.05) is 6.08 Å². The number of carboxylic acid groups (broad SMARTS) is 1. The second kappa shape index (κ2) is 17.8. The van der Waals surface area contributed by atoms with Crippen molar-refractivity contribution in [3.05, 3.63) is 36.1 Å². The topological polar surface area (TPSA) is 66.8 Å². The van der Waals surface area contributed by atoms with Crippen LogP contribution in [0.1, 0.15) is 84.0 Å². The summed E-state index contributed by atoms with van der Waals surface area (Å²) in [6, 6.07) is 0. The van der Waals surface area contributed by atoms with E-state index in [0.29, 0.717) is 0 Å². The van der Waals surface area contributed by atoms with Gasteiger partial charge in [0.05, 0.1) is 0 Å². The van der Waals surface area contributed by atoms with Gasteiger partial charge in [0.15, 0.2) is 0 Å². The molecule has 4 heteroatoms. The zero-order chi connectivity index (χ0) is 17.9. The van der Waals surface area contributed by atoms with Gasteiger partial charge in [0.2, 0.25) is 5.76 Å². The molecule has 2 N–H and O–H groups in total. The lowest BCUT2D eigenvalue weighted by Gasteiger charge is -2.01. The van der Waals surface area contributed by atoms with Crippen molar-refractivity contribution in [2.24, 2.45) is 0 Å². The van der Waals surface area contributed by atoms with Crippen molar-refractivity contribution < 1.29 is 20.0 Å². The van der Waals surface area contributed by atoms with Gasteiger partial charge in [-0.1, -0.05) is 95.4 Å². The number of unbranched alkanes of at least 4 members (excludes halogenated alkanes) is 11. The van der Waals surface area contributed by atoms with E-state index in [4.69, 9.17) is 10.4 Å². The third-order valence-electron chi connectivity index (χ3n) is 3.89. The summed E-state index contributed by atoms with van der Waals surface area (Å²) in [6.45, 7) is 2.25. The molecule has 0 fully saturated rings. The van der Waals surface area contributed by atoms with E-state index in [9.17, 15) is 4.79 Å². The van der Waals surface area contributed by atoms with Crippen LogP contribution in [0.25, 0.3) is 0 Å². The normalized spacial score (nSPS) is 12.3. The molecule has 0 aliphatic rings. The first-order valence-corrected chi connectivity index (χ1v) is 9.30. The Balaban J connectivity index is 3.42. The van der Waals surface area contributed by atoms with Gasteiger partial charge < -0.3 is 9.99 Å². The van der Waals surface area contributed by atoms with E-state index in [1.54, 1.807) is 6.08 Å². The lowest BCUT2D eigenvalue weighted by molar-refractivity contribution is -0.210. The molecule has 0 aliphatic heterocycles. The molecule has 4 nitrogen and oxygen atoms in total. The predicted octanol–water partition coefficient (Wildman–Crippen LogP) is 6.26. The molecule has 0 radical (unpaired) electrons. The Bertz CT molecular complexity index is 383. The van der Waals surface area contributed by atoms with Gasteiger partial charge >= 0.3 is 5.97 Å². The van der Waals surface area contributed by atoms with Gasteiger partial charge in [0.1, 0.15) is 0 Å². The van der Waals surface area contributed by atoms with Crippen molar-refractivity contribution in [3.63, 3.8) is 0 Å². The SMILES string of the molecule is CCCCCCCCCCCCC/C=C/C=C/C=C(\OO)C(=O)O. The van der Waals surface area contributed by atoms with Crippen LogP contribution in [0.4, 0.5) is 0 Å². The average molecular weight is 338 g/mol. The minimum Gasteiger partial charge on any atom is -0.475 e. The smallest absolute Gasteiger partial charge is 0.375 e. The predicted molar refractivity (Wildman–Crippen MR) is 98.8 cm³/mol. The van der Waals surface area contributed by atoms with Crippen LogP contribution in [0.5, 0.6) is 0 Å². The lowest BCUT2D eigenvalue weighted by atomic mass is 10.1. The highest BCUT2D eigenvalue weighted by Crippen LogP contribution is 2.12. The molecule has 0 bridgehead atoms. The molecule has 0 spiro atoms. The van der Waals surface area contributed by atoms with E-state index < -0.39 is 11.7 Å². The van der Waals surface area contributed by atoms with Crippen molar-refractivity contribution in [1.82, 2.24) is 0 Å². The third-order valence-corrected chi connectivity index (χ3v) is 3.89. The minimum atomic E-state index is -1.30. The summed E-state index contributed by atoms with van der Waals surface area (Å²) in [5.74, 6) is -1.79. The standard InChI is InChI=1S/C20H34O4/c1-2-3-4-5-6-7-8-9-10-11-12-13-14-15-16-17-18-19(24-23)20(21)22/h14-18,23H,2-13H2,1H3,(H,21,22)/b15-14+,17-16+,19-18-. The Hall–Kier alpha value is -1.55. The Morgan fingerprint density at radius 2 is 1.38 bits per heavy atom. The van der Waals surface area contributed by atoms with E-state index in [1.165, 1.54) is 82.8 Å². The second-order valence-electron chi connectivity index (χ2n) is 6.06. The first-order valence-electron chi connectivity index (χ1n) is 9.30. The number of rotatable bonds is 16. The molecule has 0 aromatic heterocycles. The molecule has 0 unspecified atom stereocenters. The highest BCUT2D eigenvalue weighted by molar-refractivity contribution is 5.84. The fraction of sp³-hybridized carbons (Fsp3) is 0.650. The van der Waals surface area contributed by atoms with Gasteiger partial charge in [-0.3, -0.25) is 0 Å². The summed E-state index contributed by atoms with van der Waals surface area (Å²) < 4.78 is 0. The number of aliphatic carboxylic acids is 1. The lowest BCUT2D eigenvalue weighted by Crippen LogP contribution is -2.01. The molecule has 0 aliphatic carbocycles. The Morgan fingerprint density at radius 3 is 1.88 bits per heavy atom. The minimum absolute atomic E-state index is 0.495. The van der Waals surface area contributed by atoms with E-state index in [-0.39, 0.29) is 0 Å². The van der Waals surface area contributed by atoms with Crippen LogP contribution in [0, 0.1) is 0 Å². The van der Waals surface area contributed by atoms with Crippen molar-refractivity contribution in [2.75, 3.05) is 0 Å². The highest BCUT2D eigenvalue weighted by Gasteiger charge is 2.05. The van der Waals surface area contributed by atoms with Gasteiger partial charge in [-0.05, 0) is 18.9 Å². The molecule has 0 saturated heterocycles. The summed E-state index contributed by atoms with van der Waals surface area (Å²) in [4.78, 5) is 14.2. The second-order valence-corrected chi connectivity index (χ2v) is 6.06. The zero-order valence-electron chi connectivity index (χ0n) is 15.1. The largest absolute Gasteiger partial charge is 0.475 e. The van der Waals surface area contributed by atoms with E-state index >= 15 is 0 Å². The summed E-state index contributed by atoms with van der Waals surface area (Å²) in [5.41, 5.74) is 0. The van der Waals surface area contributed by atoms with Crippen LogP contribution in [0.3, 0.4) is 0 Å². The molecular formula is C20H34O4. The summed E-state index contributed by atoms with van der Waals surface area (Å²) in [6.07, 6.45) is 24.2. The van der Waals surface area contributed by atoms with E-state index in [2.05, 4.69) is 17.9 Å². The van der Waals surface area contributed by atoms with Crippen LogP contribution in [0.2, 0.25) is 0 Å². The third kappa shape index (κ3) is 15.3. The summed E-state index contributed by atoms with van der Waals surface area (Å²) in [7, 11) is 0. The molecule has 0 aromatic rings. The van der Waals surface area contributed by atoms with Gasteiger partial charge in [-0.15, -0.1) is 0 Å². The van der Waals surface area contributed by atoms with Crippen molar-refractivity contribution in [3.8, 4) is 0 Å². The molecular weight excluding hydrogens is 304 g/mol. The molecule has 0 atom stereocenters. The van der Waals surface area contributed by atoms with Crippen LogP contribution in [-0.4, -0.2) is 16.3 Å². The molecule has 0 aromatic carbocycles. The Kier molecular flexibility index (Phi) is 16.6. The fourth-order valence-corrected chi connectivity index (χ4v) is 2.45. The number of carboxylic acids is 1. The maximum atomic E-state index is 10.5. The van der Waals surface area contributed by atoms with Crippen molar-refractivity contribution in [2.45, 2.75) is 84.0 Å². The van der Waals surface area contributed by atoms with Crippen LogP contribution < -0.4 is 0 Å². The number of carbonyl (C=O) groups is 1. The van der Waals surface area contributed by atoms with Gasteiger partial charge in [-0.2, -0.15) is 0 Å². The first-order chi connectivity index (χ1) is 11.7. The van der Waals surface area contributed by atoms with Crippen LogP contribution in [-0.2, 0) is 9.68 Å². The summed E-state index contributed by atoms with van der Waals surface area (Å²) in [5, 5.41) is 16.9. The first kappa shape index (κ1) is 22.4. The van der Waals surface area contributed by atoms with E-state index in [0.717, 1.165) is 6.42 Å². The molecule has 24 heavy (non-hydrogen) atoms. The van der Waals surface area contributed by atoms with Crippen molar-refractivity contribution in [1.29, 1.82) is 0 Å². The number of allylic oxidation sites excluding steroid dienone is 5. The zero-order valence-corrected chi connectivity index (χ0v) is 15.1. The number of hydrogen-bond donors (Lipinski definition) is 2. The maximum absolute atomic E-state index is 10.5. The Labute approximate surface area is 146 Å². The maximum Gasteiger partial charge on any atom is 0.375 e. The fourth-order valence-electron chi connectivity index (χ4n) is 2.45. The molecule has 138 valence electrons. The molecule has 0 heterocycles. The molecule has 0 rings (SSSR count). The number of hydrogen-bond acceptors (Lipinski definition) is 3. The molecule has 0 amide bonds. The molecule has 0 saturated carbocycles. The van der Waals surface area contributed by atoms with Gasteiger partial charge in [-0.25, -0.2) is 10.1 Å². The quantitative estimate of drug-likeness (QED) is 0.0870. The van der Waals surface area contributed by atoms with Crippen LogP contribution >= 0.6 is 0 Å². The Morgan fingerprint density at radius 1 is 0.833 bits per heavy atom. The average Bonchev–Trinajstić information content (AvgIpc) is 2.57. The highest BCUT2D eigenvalue weighted by atomic mass is 17.1. The van der Waals surface area contributed by atoms with Gasteiger partial charge in [0.25, 0.3) is 0 Å². The van der Waals surface area contributed by atoms with Crippen LogP contribution in [0.15, 0.2) is 36.1 Å². The van der Waals surface area contributed by atoms with Crippen molar-refractivity contribution >= 4 is 5.97 Å². The monoisotopic (exact) mass is 338 g/mol.